The van der Waals surface area contributed by atoms with Crippen molar-refractivity contribution in [3.05, 3.63) is 327 Å². The molecular formula is C100H119N. The summed E-state index contributed by atoms with van der Waals surface area (Å²) in [6.07, 6.45) is 0. The molecule has 0 heterocycles. The van der Waals surface area contributed by atoms with E-state index in [1.165, 1.54) is 153 Å². The van der Waals surface area contributed by atoms with Crippen LogP contribution in [0.5, 0.6) is 0 Å². The zero-order valence-electron chi connectivity index (χ0n) is 64.7. The highest BCUT2D eigenvalue weighted by Gasteiger charge is 2.13. The molecule has 0 aliphatic heterocycles. The number of hydrogen-bond acceptors (Lipinski definition) is 1. The molecule has 0 saturated heterocycles. The normalized spacial score (nSPS) is 11.0. The highest BCUT2D eigenvalue weighted by Crippen LogP contribution is 2.35. The summed E-state index contributed by atoms with van der Waals surface area (Å²) >= 11 is 0. The summed E-state index contributed by atoms with van der Waals surface area (Å²) in [7, 11) is 4.19. The summed E-state index contributed by atoms with van der Waals surface area (Å²) in [5.74, 6) is 4.16. The molecule has 1 nitrogen and oxygen atoms in total. The van der Waals surface area contributed by atoms with Crippen molar-refractivity contribution in [2.45, 2.75) is 187 Å². The zero-order chi connectivity index (χ0) is 72.5. The summed E-state index contributed by atoms with van der Waals surface area (Å²) in [6, 6.07) is 92.0. The van der Waals surface area contributed by atoms with Gasteiger partial charge in [0.25, 0.3) is 0 Å². The number of anilines is 1. The lowest BCUT2D eigenvalue weighted by molar-refractivity contribution is 0.867. The summed E-state index contributed by atoms with van der Waals surface area (Å²) in [4.78, 5) is 2.17. The molecule has 1 heteroatoms. The Balaban J connectivity index is 0.000000165. The molecule has 0 spiro atoms. The van der Waals surface area contributed by atoms with Gasteiger partial charge in [0.2, 0.25) is 0 Å². The van der Waals surface area contributed by atoms with Gasteiger partial charge in [-0.1, -0.05) is 370 Å². The fraction of sp³-hybridized carbons (Fsp3) is 0.300. The lowest BCUT2D eigenvalue weighted by Gasteiger charge is -2.18. The van der Waals surface area contributed by atoms with E-state index in [-0.39, 0.29) is 7.43 Å². The number of nitrogens with zero attached hydrogens (tertiary/aromatic N) is 1. The topological polar surface area (TPSA) is 3.24 Å². The molecule has 0 aliphatic rings. The van der Waals surface area contributed by atoms with E-state index < -0.39 is 0 Å². The van der Waals surface area contributed by atoms with Crippen molar-refractivity contribution in [2.24, 2.45) is 0 Å². The Kier molecular flexibility index (Phi) is 28.8. The van der Waals surface area contributed by atoms with E-state index in [0.717, 1.165) is 0 Å². The standard InChI is InChI=1S/C15H19N.6C14H16.CH4/c1-11(2)12-9-10-15(16(3)4)14-8-6-5-7-13(12)14;1-10(2)12-7-5-8-13-11(3)6-4-9-14(12)13;1-10(2)13-9-5-8-12-7-4-6-11(3)14(12)13;1-10(2)13-6-4-5-12-9-11(3)7-8-14(12)13;1-10(2)13-6-4-5-12-8-7-11(3)9-14(12)13;1-10(2)14-9-11(3)8-12-6-4-5-7-13(12)14;1-10(2)14-11(3)8-9-12-6-4-5-7-13(12)14;/h5-11H,1-4H3;6*4-10H,1-3H3;1H4. The monoisotopic (exact) mass is 1330 g/mol. The van der Waals surface area contributed by atoms with Crippen LogP contribution in [0.15, 0.2) is 255 Å². The Morgan fingerprint density at radius 2 is 0.594 bits per heavy atom. The van der Waals surface area contributed by atoms with Gasteiger partial charge in [0.1, 0.15) is 0 Å². The Bertz CT molecular complexity index is 4870. The second-order valence-corrected chi connectivity index (χ2v) is 30.0. The molecule has 0 amide bonds. The van der Waals surface area contributed by atoms with Crippen LogP contribution in [0.4, 0.5) is 5.69 Å². The van der Waals surface area contributed by atoms with Gasteiger partial charge in [-0.3, -0.25) is 0 Å². The van der Waals surface area contributed by atoms with E-state index in [2.05, 4.69) is 412 Å². The summed E-state index contributed by atoms with van der Waals surface area (Å²) in [5.41, 5.74) is 19.7. The number of benzene rings is 14. The number of rotatable bonds is 8. The van der Waals surface area contributed by atoms with Crippen LogP contribution in [0.2, 0.25) is 0 Å². The van der Waals surface area contributed by atoms with Crippen molar-refractivity contribution in [3.63, 3.8) is 0 Å². The van der Waals surface area contributed by atoms with E-state index in [9.17, 15) is 0 Å². The van der Waals surface area contributed by atoms with Crippen molar-refractivity contribution in [1.29, 1.82) is 0 Å². The molecule has 0 atom stereocenters. The van der Waals surface area contributed by atoms with Crippen LogP contribution in [0.25, 0.3) is 75.4 Å². The van der Waals surface area contributed by atoms with E-state index in [1.54, 1.807) is 0 Å². The van der Waals surface area contributed by atoms with Crippen LogP contribution in [0.1, 0.15) is 218 Å². The second-order valence-electron chi connectivity index (χ2n) is 30.0. The van der Waals surface area contributed by atoms with Crippen LogP contribution in [-0.4, -0.2) is 14.1 Å². The first-order valence-electron chi connectivity index (χ1n) is 36.9. The smallest absolute Gasteiger partial charge is 0.0440 e. The minimum atomic E-state index is 0. The van der Waals surface area contributed by atoms with Gasteiger partial charge in [-0.15, -0.1) is 0 Å². The lowest BCUT2D eigenvalue weighted by atomic mass is 9.92. The van der Waals surface area contributed by atoms with Crippen LogP contribution >= 0.6 is 0 Å². The van der Waals surface area contributed by atoms with E-state index in [1.807, 2.05) is 0 Å². The molecule has 524 valence electrons. The molecule has 0 radical (unpaired) electrons. The maximum absolute atomic E-state index is 2.30. The highest BCUT2D eigenvalue weighted by atomic mass is 15.1. The average Bonchev–Trinajstić information content (AvgIpc) is 0.811. The Morgan fingerprint density at radius 1 is 0.218 bits per heavy atom. The Labute approximate surface area is 610 Å². The van der Waals surface area contributed by atoms with Gasteiger partial charge in [-0.05, 0) is 215 Å². The van der Waals surface area contributed by atoms with Gasteiger partial charge in [0, 0.05) is 25.2 Å². The molecule has 14 aromatic rings. The maximum atomic E-state index is 2.30. The van der Waals surface area contributed by atoms with Gasteiger partial charge in [-0.2, -0.15) is 0 Å². The number of hydrogen-bond donors (Lipinski definition) is 0. The SMILES string of the molecule is C.CC(C)c1ccc(N(C)C)c2ccccc12.Cc1cc(C(C)C)c2ccccc2c1.Cc1ccc2c(C(C)C)cccc2c1.Cc1ccc2cccc(C(C)C)c2c1.Cc1ccc2ccccc2c1C(C)C.Cc1cccc2c(C(C)C)cccc12.Cc1cccc2cccc(C(C)C)c12. The van der Waals surface area contributed by atoms with Crippen molar-refractivity contribution < 1.29 is 0 Å². The van der Waals surface area contributed by atoms with Gasteiger partial charge >= 0.3 is 0 Å². The third kappa shape index (κ3) is 20.3. The van der Waals surface area contributed by atoms with Crippen molar-refractivity contribution in [2.75, 3.05) is 19.0 Å². The second kappa shape index (κ2) is 36.9. The minimum absolute atomic E-state index is 0. The molecule has 0 N–H and O–H groups in total. The fourth-order valence-electron chi connectivity index (χ4n) is 14.2. The maximum Gasteiger partial charge on any atom is 0.0440 e. The Hall–Kier alpha value is -9.30. The van der Waals surface area contributed by atoms with Crippen molar-refractivity contribution in [3.8, 4) is 0 Å². The Morgan fingerprint density at radius 3 is 1.19 bits per heavy atom. The summed E-state index contributed by atoms with van der Waals surface area (Å²) in [5, 5.41) is 19.3. The molecule has 14 aromatic carbocycles. The molecule has 0 aromatic heterocycles. The quantitative estimate of drug-likeness (QED) is 0.147. The first kappa shape index (κ1) is 79.0. The van der Waals surface area contributed by atoms with Gasteiger partial charge in [0.15, 0.2) is 0 Å². The minimum Gasteiger partial charge on any atom is -0.377 e. The van der Waals surface area contributed by atoms with Crippen LogP contribution in [-0.2, 0) is 0 Å². The highest BCUT2D eigenvalue weighted by molar-refractivity contribution is 5.97. The van der Waals surface area contributed by atoms with Crippen LogP contribution in [0.3, 0.4) is 0 Å². The van der Waals surface area contributed by atoms with Gasteiger partial charge < -0.3 is 4.90 Å². The van der Waals surface area contributed by atoms with Crippen molar-refractivity contribution >= 4 is 81.1 Å². The zero-order valence-corrected chi connectivity index (χ0v) is 64.7. The summed E-state index contributed by atoms with van der Waals surface area (Å²) in [6.45, 7) is 44.5. The fourth-order valence-corrected chi connectivity index (χ4v) is 14.2. The average molecular weight is 1340 g/mol. The van der Waals surface area contributed by atoms with E-state index in [4.69, 9.17) is 0 Å². The van der Waals surface area contributed by atoms with Crippen molar-refractivity contribution in [1.82, 2.24) is 0 Å². The molecule has 0 saturated carbocycles. The lowest BCUT2D eigenvalue weighted by Crippen LogP contribution is -2.09. The van der Waals surface area contributed by atoms with E-state index in [0.29, 0.717) is 41.4 Å². The molecular weight excluding hydrogens is 1220 g/mol. The third-order valence-corrected chi connectivity index (χ3v) is 19.4. The van der Waals surface area contributed by atoms with Gasteiger partial charge in [-0.25, -0.2) is 0 Å². The first-order valence-corrected chi connectivity index (χ1v) is 36.9. The first-order chi connectivity index (χ1) is 47.7. The molecule has 0 aliphatic carbocycles. The molecule has 0 unspecified atom stereocenters. The molecule has 0 fully saturated rings. The number of aryl methyl sites for hydroxylation is 6. The third-order valence-electron chi connectivity index (χ3n) is 19.4. The summed E-state index contributed by atoms with van der Waals surface area (Å²) < 4.78 is 0. The largest absolute Gasteiger partial charge is 0.377 e. The van der Waals surface area contributed by atoms with Gasteiger partial charge in [0.05, 0.1) is 0 Å². The molecule has 14 rings (SSSR count). The van der Waals surface area contributed by atoms with Crippen LogP contribution in [0, 0.1) is 41.5 Å². The van der Waals surface area contributed by atoms with E-state index >= 15 is 0 Å². The van der Waals surface area contributed by atoms with Crippen LogP contribution < -0.4 is 4.90 Å². The predicted molar refractivity (Wildman–Crippen MR) is 456 cm³/mol. The number of fused-ring (bicyclic) bond motifs is 7. The molecule has 0 bridgehead atoms. The molecule has 101 heavy (non-hydrogen) atoms. The predicted octanol–water partition coefficient (Wildman–Crippen LogP) is 30.3.